The molecule has 1 aromatic carbocycles. The minimum atomic E-state index is 0.439. The lowest BCUT2D eigenvalue weighted by molar-refractivity contribution is 0.479. The fourth-order valence-corrected chi connectivity index (χ4v) is 1.77. The van der Waals surface area contributed by atoms with Crippen LogP contribution in [0.15, 0.2) is 29.6 Å². The van der Waals surface area contributed by atoms with E-state index in [2.05, 4.69) is 4.98 Å². The number of thiazole rings is 1. The summed E-state index contributed by atoms with van der Waals surface area (Å²) in [7, 11) is 0. The van der Waals surface area contributed by atoms with Gasteiger partial charge in [0.1, 0.15) is 10.9 Å². The van der Waals surface area contributed by atoms with E-state index in [1.807, 2.05) is 12.1 Å². The largest absolute Gasteiger partial charge is 0.431 e. The Hall–Kier alpha value is -1.26. The van der Waals surface area contributed by atoms with Crippen LogP contribution in [0.5, 0.6) is 10.9 Å². The van der Waals surface area contributed by atoms with Gasteiger partial charge in [0.05, 0.1) is 0 Å². The molecule has 2 aromatic rings. The van der Waals surface area contributed by atoms with E-state index in [0.717, 1.165) is 0 Å². The van der Waals surface area contributed by atoms with E-state index in [1.165, 1.54) is 11.3 Å². The van der Waals surface area contributed by atoms with E-state index in [9.17, 15) is 0 Å². The number of nitrogen functional groups attached to an aromatic ring is 1. The minimum Gasteiger partial charge on any atom is -0.431 e. The van der Waals surface area contributed by atoms with Crippen molar-refractivity contribution in [3.8, 4) is 10.9 Å². The van der Waals surface area contributed by atoms with Crippen molar-refractivity contribution in [2.45, 2.75) is 0 Å². The van der Waals surface area contributed by atoms with E-state index < -0.39 is 0 Å². The van der Waals surface area contributed by atoms with Crippen molar-refractivity contribution in [1.82, 2.24) is 4.98 Å². The number of nitrogens with zero attached hydrogens (tertiary/aromatic N) is 1. The molecule has 0 saturated heterocycles. The second kappa shape index (κ2) is 3.86. The first-order valence-electron chi connectivity index (χ1n) is 3.88. The van der Waals surface area contributed by atoms with Crippen molar-refractivity contribution in [3.05, 3.63) is 34.8 Å². The van der Waals surface area contributed by atoms with Gasteiger partial charge >= 0.3 is 0 Å². The number of halogens is 1. The highest BCUT2D eigenvalue weighted by atomic mass is 35.5. The zero-order chi connectivity index (χ0) is 9.97. The Morgan fingerprint density at radius 2 is 2.29 bits per heavy atom. The normalized spacial score (nSPS) is 10.1. The fraction of sp³-hybridized carbons (Fsp3) is 0. The van der Waals surface area contributed by atoms with Crippen molar-refractivity contribution in [3.63, 3.8) is 0 Å². The maximum atomic E-state index is 5.65. The summed E-state index contributed by atoms with van der Waals surface area (Å²) in [5.41, 5.74) is 6.25. The van der Waals surface area contributed by atoms with E-state index in [4.69, 9.17) is 22.1 Å². The summed E-state index contributed by atoms with van der Waals surface area (Å²) in [4.78, 5) is 3.96. The van der Waals surface area contributed by atoms with Crippen LogP contribution in [0.1, 0.15) is 0 Å². The number of ether oxygens (including phenoxy) is 1. The van der Waals surface area contributed by atoms with E-state index in [-0.39, 0.29) is 0 Å². The lowest BCUT2D eigenvalue weighted by Gasteiger charge is -2.01. The molecule has 2 rings (SSSR count). The van der Waals surface area contributed by atoms with Crippen molar-refractivity contribution in [1.29, 1.82) is 0 Å². The van der Waals surface area contributed by atoms with Crippen LogP contribution >= 0.6 is 22.9 Å². The summed E-state index contributed by atoms with van der Waals surface area (Å²) in [5.74, 6) is 0.663. The van der Waals surface area contributed by atoms with Gasteiger partial charge in [-0.3, -0.25) is 0 Å². The maximum Gasteiger partial charge on any atom is 0.280 e. The highest BCUT2D eigenvalue weighted by Gasteiger charge is 2.02. The predicted octanol–water partition coefficient (Wildman–Crippen LogP) is 3.17. The van der Waals surface area contributed by atoms with Crippen molar-refractivity contribution < 1.29 is 4.74 Å². The highest BCUT2D eigenvalue weighted by molar-refractivity contribution is 7.11. The second-order valence-electron chi connectivity index (χ2n) is 2.61. The molecule has 0 unspecified atom stereocenters. The van der Waals surface area contributed by atoms with Gasteiger partial charge < -0.3 is 10.5 Å². The van der Waals surface area contributed by atoms with Gasteiger partial charge in [-0.15, -0.1) is 0 Å². The standard InChI is InChI=1S/C9H7ClN2OS/c10-8-5-14-9(12-8)13-7-3-1-2-6(11)4-7/h1-5H,11H2. The maximum absolute atomic E-state index is 5.65. The zero-order valence-electron chi connectivity index (χ0n) is 7.11. The third-order valence-corrected chi connectivity index (χ3v) is 2.56. The summed E-state index contributed by atoms with van der Waals surface area (Å²) in [6, 6.07) is 7.16. The molecule has 0 amide bonds. The average Bonchev–Trinajstić information content (AvgIpc) is 2.51. The van der Waals surface area contributed by atoms with E-state index in [1.54, 1.807) is 17.5 Å². The fourth-order valence-electron chi connectivity index (χ4n) is 0.965. The van der Waals surface area contributed by atoms with Crippen molar-refractivity contribution in [2.24, 2.45) is 0 Å². The number of hydrogen-bond acceptors (Lipinski definition) is 4. The molecule has 0 aliphatic carbocycles. The van der Waals surface area contributed by atoms with Gasteiger partial charge in [-0.05, 0) is 12.1 Å². The second-order valence-corrected chi connectivity index (χ2v) is 3.82. The summed E-state index contributed by atoms with van der Waals surface area (Å²) < 4.78 is 5.42. The summed E-state index contributed by atoms with van der Waals surface area (Å²) in [5, 5.41) is 2.66. The smallest absolute Gasteiger partial charge is 0.280 e. The topological polar surface area (TPSA) is 48.1 Å². The van der Waals surface area contributed by atoms with Crippen LogP contribution < -0.4 is 10.5 Å². The number of rotatable bonds is 2. The van der Waals surface area contributed by atoms with Crippen LogP contribution in [0.4, 0.5) is 5.69 Å². The molecule has 5 heteroatoms. The van der Waals surface area contributed by atoms with Crippen molar-refractivity contribution >= 4 is 28.6 Å². The zero-order valence-corrected chi connectivity index (χ0v) is 8.68. The molecule has 0 spiro atoms. The molecule has 1 aromatic heterocycles. The quantitative estimate of drug-likeness (QED) is 0.801. The average molecular weight is 227 g/mol. The molecule has 0 radical (unpaired) electrons. The molecule has 0 fully saturated rings. The number of nitrogens with two attached hydrogens (primary N) is 1. The Kier molecular flexibility index (Phi) is 2.56. The Morgan fingerprint density at radius 1 is 1.43 bits per heavy atom. The van der Waals surface area contributed by atoms with Gasteiger partial charge in [0, 0.05) is 17.1 Å². The molecule has 0 bridgehead atoms. The Labute approximate surface area is 90.1 Å². The number of anilines is 1. The summed E-state index contributed by atoms with van der Waals surface area (Å²) in [6.07, 6.45) is 0. The lowest BCUT2D eigenvalue weighted by Crippen LogP contribution is -1.86. The predicted molar refractivity (Wildman–Crippen MR) is 58.1 cm³/mol. The molecule has 72 valence electrons. The first-order chi connectivity index (χ1) is 6.74. The molecular weight excluding hydrogens is 220 g/mol. The number of benzene rings is 1. The van der Waals surface area contributed by atoms with Gasteiger partial charge in [0.2, 0.25) is 0 Å². The molecule has 0 atom stereocenters. The van der Waals surface area contributed by atoms with Crippen molar-refractivity contribution in [2.75, 3.05) is 5.73 Å². The van der Waals surface area contributed by atoms with Crippen LogP contribution in [0.3, 0.4) is 0 Å². The van der Waals surface area contributed by atoms with Crippen LogP contribution in [-0.4, -0.2) is 4.98 Å². The van der Waals surface area contributed by atoms with E-state index in [0.29, 0.717) is 21.8 Å². The van der Waals surface area contributed by atoms with Crippen LogP contribution in [0, 0.1) is 0 Å². The van der Waals surface area contributed by atoms with Gasteiger partial charge in [0.15, 0.2) is 0 Å². The van der Waals surface area contributed by atoms with Gasteiger partial charge in [-0.1, -0.05) is 29.0 Å². The van der Waals surface area contributed by atoms with Crippen LogP contribution in [0.2, 0.25) is 5.15 Å². The first kappa shape index (κ1) is 9.30. The third kappa shape index (κ3) is 2.16. The number of hydrogen-bond donors (Lipinski definition) is 1. The lowest BCUT2D eigenvalue weighted by atomic mass is 10.3. The minimum absolute atomic E-state index is 0.439. The summed E-state index contributed by atoms with van der Waals surface area (Å²) >= 11 is 7.00. The van der Waals surface area contributed by atoms with Gasteiger partial charge in [0.25, 0.3) is 5.19 Å². The molecule has 0 aliphatic rings. The molecule has 0 aliphatic heterocycles. The Balaban J connectivity index is 2.18. The number of aromatic nitrogens is 1. The van der Waals surface area contributed by atoms with Crippen LogP contribution in [-0.2, 0) is 0 Å². The molecule has 1 heterocycles. The highest BCUT2D eigenvalue weighted by Crippen LogP contribution is 2.27. The molecule has 0 saturated carbocycles. The molecule has 3 nitrogen and oxygen atoms in total. The molecular formula is C9H7ClN2OS. The third-order valence-electron chi connectivity index (χ3n) is 1.52. The van der Waals surface area contributed by atoms with Crippen LogP contribution in [0.25, 0.3) is 0 Å². The van der Waals surface area contributed by atoms with E-state index >= 15 is 0 Å². The van der Waals surface area contributed by atoms with Gasteiger partial charge in [-0.25, -0.2) is 0 Å². The summed E-state index contributed by atoms with van der Waals surface area (Å²) in [6.45, 7) is 0. The Bertz CT molecular complexity index is 444. The molecule has 2 N–H and O–H groups in total. The SMILES string of the molecule is Nc1cccc(Oc2nc(Cl)cs2)c1. The molecule has 14 heavy (non-hydrogen) atoms. The first-order valence-corrected chi connectivity index (χ1v) is 5.14. The monoisotopic (exact) mass is 226 g/mol. The van der Waals surface area contributed by atoms with Gasteiger partial charge in [-0.2, -0.15) is 4.98 Å². The Morgan fingerprint density at radius 3 is 2.93 bits per heavy atom.